The fourth-order valence-electron chi connectivity index (χ4n) is 6.93. The first-order valence-corrected chi connectivity index (χ1v) is 16.1. The van der Waals surface area contributed by atoms with Crippen molar-refractivity contribution in [2.75, 3.05) is 0 Å². The van der Waals surface area contributed by atoms with Gasteiger partial charge in [0.05, 0.1) is 23.1 Å². The van der Waals surface area contributed by atoms with Gasteiger partial charge in [-0.3, -0.25) is 4.57 Å². The lowest BCUT2D eigenvalue weighted by Crippen LogP contribution is -2.39. The number of hydrogen-bond donors (Lipinski definition) is 2. The number of imidazole rings is 1. The van der Waals surface area contributed by atoms with Gasteiger partial charge in [0.1, 0.15) is 5.54 Å². The summed E-state index contributed by atoms with van der Waals surface area (Å²) in [5, 5.41) is 23.4. The van der Waals surface area contributed by atoms with Gasteiger partial charge in [-0.15, -0.1) is 5.10 Å². The Labute approximate surface area is 286 Å². The Balaban J connectivity index is 1.25. The molecule has 9 heteroatoms. The van der Waals surface area contributed by atoms with Crippen LogP contribution in [-0.4, -0.2) is 40.8 Å². The number of carbonyl (C=O) groups is 1. The van der Waals surface area contributed by atoms with Gasteiger partial charge in [-0.05, 0) is 55.9 Å². The molecule has 6 aromatic carbocycles. The lowest BCUT2D eigenvalue weighted by molar-refractivity contribution is 0.0698. The number of carboxylic acid groups (broad SMARTS) is 1. The third-order valence-electron chi connectivity index (χ3n) is 9.16. The second-order valence-corrected chi connectivity index (χ2v) is 12.0. The lowest BCUT2D eigenvalue weighted by Gasteiger charge is -2.36. The predicted octanol–water partition coefficient (Wildman–Crippen LogP) is 7.24. The van der Waals surface area contributed by atoms with E-state index in [1.807, 2.05) is 108 Å². The van der Waals surface area contributed by atoms with Crippen molar-refractivity contribution in [2.24, 2.45) is 0 Å². The number of tetrazole rings is 1. The van der Waals surface area contributed by atoms with E-state index in [-0.39, 0.29) is 17.8 Å². The van der Waals surface area contributed by atoms with E-state index in [1.54, 1.807) is 12.1 Å². The smallest absolute Gasteiger partial charge is 0.337 e. The fraction of sp³-hybridized carbons (Fsp3) is 0.0488. The van der Waals surface area contributed by atoms with Crippen molar-refractivity contribution in [1.82, 2.24) is 29.8 Å². The lowest BCUT2D eigenvalue weighted by atomic mass is 9.77. The van der Waals surface area contributed by atoms with E-state index in [4.69, 9.17) is 5.21 Å². The van der Waals surface area contributed by atoms with Gasteiger partial charge in [-0.25, -0.2) is 14.3 Å². The van der Waals surface area contributed by atoms with Crippen LogP contribution in [-0.2, 0) is 12.1 Å². The van der Waals surface area contributed by atoms with Gasteiger partial charge in [0.15, 0.2) is 5.82 Å². The Hall–Kier alpha value is -6.87. The highest BCUT2D eigenvalue weighted by Crippen LogP contribution is 2.43. The number of nitrogens with zero attached hydrogens (tertiary/aromatic N) is 5. The van der Waals surface area contributed by atoms with E-state index in [2.05, 4.69) is 51.7 Å². The van der Waals surface area contributed by atoms with Crippen LogP contribution < -0.4 is 5.69 Å². The number of rotatable bonds is 9. The Morgan fingerprint density at radius 1 is 0.660 bits per heavy atom. The molecule has 242 valence electrons. The standard InChI is InChI=1S/C41H30N6O3/c48-39(49)35-21-12-22-36-37(35)46(40(50)42-36)27-28-23-25-29(26-24-28)33-19-10-11-20-34(33)38-43-44-45-47(38)41(30-13-4-1-5-14-30,31-15-6-2-7-16-31)32-17-8-3-9-18-32/h1-26H,27H2,(H,42,50)(H,48,49). The summed E-state index contributed by atoms with van der Waals surface area (Å²) in [5.41, 5.74) is 6.21. The molecule has 0 aliphatic carbocycles. The summed E-state index contributed by atoms with van der Waals surface area (Å²) in [6, 6.07) is 51.6. The molecule has 2 N–H and O–H groups in total. The molecule has 0 unspecified atom stereocenters. The van der Waals surface area contributed by atoms with Crippen molar-refractivity contribution in [3.05, 3.63) is 196 Å². The van der Waals surface area contributed by atoms with Crippen molar-refractivity contribution in [3.8, 4) is 22.5 Å². The monoisotopic (exact) mass is 654 g/mol. The van der Waals surface area contributed by atoms with Crippen LogP contribution in [0.15, 0.2) is 163 Å². The molecule has 8 rings (SSSR count). The summed E-state index contributed by atoms with van der Waals surface area (Å²) < 4.78 is 3.38. The molecule has 9 nitrogen and oxygen atoms in total. The quantitative estimate of drug-likeness (QED) is 0.159. The molecule has 0 fully saturated rings. The molecular formula is C41H30N6O3. The van der Waals surface area contributed by atoms with E-state index in [0.29, 0.717) is 16.9 Å². The minimum Gasteiger partial charge on any atom is -0.478 e. The van der Waals surface area contributed by atoms with Crippen LogP contribution in [0.1, 0.15) is 32.6 Å². The van der Waals surface area contributed by atoms with E-state index in [0.717, 1.165) is 38.9 Å². The van der Waals surface area contributed by atoms with Crippen molar-refractivity contribution < 1.29 is 9.90 Å². The number of carboxylic acids is 1. The molecule has 0 atom stereocenters. The maximum Gasteiger partial charge on any atom is 0.337 e. The van der Waals surface area contributed by atoms with Gasteiger partial charge < -0.3 is 10.1 Å². The maximum absolute atomic E-state index is 12.9. The maximum atomic E-state index is 12.9. The van der Waals surface area contributed by atoms with E-state index < -0.39 is 11.5 Å². The molecule has 0 saturated heterocycles. The van der Waals surface area contributed by atoms with E-state index in [9.17, 15) is 14.7 Å². The highest BCUT2D eigenvalue weighted by molar-refractivity contribution is 6.01. The zero-order valence-electron chi connectivity index (χ0n) is 26.7. The first kappa shape index (κ1) is 30.5. The van der Waals surface area contributed by atoms with Crippen LogP contribution >= 0.6 is 0 Å². The predicted molar refractivity (Wildman–Crippen MR) is 192 cm³/mol. The van der Waals surface area contributed by atoms with E-state index in [1.165, 1.54) is 10.6 Å². The topological polar surface area (TPSA) is 119 Å². The average molecular weight is 655 g/mol. The number of aromatic carboxylic acids is 1. The van der Waals surface area contributed by atoms with Gasteiger partial charge in [-0.2, -0.15) is 0 Å². The van der Waals surface area contributed by atoms with Crippen LogP contribution in [0.3, 0.4) is 0 Å². The Kier molecular flexibility index (Phi) is 7.69. The molecule has 0 amide bonds. The largest absolute Gasteiger partial charge is 0.478 e. The molecule has 50 heavy (non-hydrogen) atoms. The third-order valence-corrected chi connectivity index (χ3v) is 9.16. The zero-order valence-corrected chi connectivity index (χ0v) is 26.7. The van der Waals surface area contributed by atoms with E-state index >= 15 is 0 Å². The van der Waals surface area contributed by atoms with Crippen LogP contribution in [0.4, 0.5) is 0 Å². The fourth-order valence-corrected chi connectivity index (χ4v) is 6.93. The third kappa shape index (κ3) is 5.09. The van der Waals surface area contributed by atoms with Gasteiger partial charge in [-0.1, -0.05) is 146 Å². The number of hydrogen-bond acceptors (Lipinski definition) is 5. The van der Waals surface area contributed by atoms with Gasteiger partial charge in [0, 0.05) is 5.56 Å². The highest BCUT2D eigenvalue weighted by atomic mass is 16.4. The molecule has 0 spiro atoms. The minimum atomic E-state index is -1.09. The summed E-state index contributed by atoms with van der Waals surface area (Å²) in [4.78, 5) is 27.6. The first-order valence-electron chi connectivity index (χ1n) is 16.1. The van der Waals surface area contributed by atoms with Crippen LogP contribution in [0.5, 0.6) is 0 Å². The highest BCUT2D eigenvalue weighted by Gasteiger charge is 2.42. The summed E-state index contributed by atoms with van der Waals surface area (Å²) >= 11 is 0. The van der Waals surface area contributed by atoms with Crippen LogP contribution in [0.2, 0.25) is 0 Å². The minimum absolute atomic E-state index is 0.0710. The SMILES string of the molecule is O=C(O)c1cccc2[nH]c(=O)n(Cc3ccc(-c4ccccc4-c4nnnn4C(c4ccccc4)(c4ccccc4)c4ccccc4)cc3)c12. The molecule has 2 aromatic heterocycles. The molecule has 0 aliphatic rings. The number of aromatic nitrogens is 6. The van der Waals surface area contributed by atoms with Gasteiger partial charge in [0.25, 0.3) is 0 Å². The summed E-state index contributed by atoms with van der Waals surface area (Å²) in [6.07, 6.45) is 0. The van der Waals surface area contributed by atoms with Crippen LogP contribution in [0.25, 0.3) is 33.5 Å². The average Bonchev–Trinajstić information content (AvgIpc) is 3.78. The molecule has 0 radical (unpaired) electrons. The van der Waals surface area contributed by atoms with Crippen molar-refractivity contribution in [3.63, 3.8) is 0 Å². The Bertz CT molecular complexity index is 2410. The van der Waals surface area contributed by atoms with Crippen molar-refractivity contribution >= 4 is 17.0 Å². The first-order chi connectivity index (χ1) is 24.6. The van der Waals surface area contributed by atoms with Crippen molar-refractivity contribution in [1.29, 1.82) is 0 Å². The summed E-state index contributed by atoms with van der Waals surface area (Å²) in [5.74, 6) is -0.499. The second kappa shape index (κ2) is 12.6. The number of fused-ring (bicyclic) bond motifs is 1. The van der Waals surface area contributed by atoms with Gasteiger partial charge in [0.2, 0.25) is 0 Å². The molecule has 2 heterocycles. The second-order valence-electron chi connectivity index (χ2n) is 12.0. The normalized spacial score (nSPS) is 11.5. The zero-order chi connectivity index (χ0) is 34.1. The Morgan fingerprint density at radius 3 is 1.80 bits per heavy atom. The number of aromatic amines is 1. The van der Waals surface area contributed by atoms with Gasteiger partial charge >= 0.3 is 11.7 Å². The molecule has 0 saturated carbocycles. The Morgan fingerprint density at radius 2 is 1.22 bits per heavy atom. The molecule has 8 aromatic rings. The van der Waals surface area contributed by atoms with Crippen molar-refractivity contribution in [2.45, 2.75) is 12.1 Å². The number of benzene rings is 6. The number of para-hydroxylation sites is 1. The molecule has 0 bridgehead atoms. The number of nitrogens with one attached hydrogen (secondary N) is 1. The number of H-pyrrole nitrogens is 1. The summed E-state index contributed by atoms with van der Waals surface area (Å²) in [6.45, 7) is 0.205. The molecular weight excluding hydrogens is 624 g/mol. The molecule has 0 aliphatic heterocycles. The van der Waals surface area contributed by atoms with Crippen LogP contribution in [0, 0.1) is 0 Å². The summed E-state index contributed by atoms with van der Waals surface area (Å²) in [7, 11) is 0.